The summed E-state index contributed by atoms with van der Waals surface area (Å²) in [6, 6.07) is 57.8. The van der Waals surface area contributed by atoms with Crippen molar-refractivity contribution in [3.63, 3.8) is 0 Å². The lowest BCUT2D eigenvalue weighted by Gasteiger charge is -2.15. The summed E-state index contributed by atoms with van der Waals surface area (Å²) >= 11 is 1.85. The molecule has 3 heterocycles. The fourth-order valence-electron chi connectivity index (χ4n) is 6.64. The summed E-state index contributed by atoms with van der Waals surface area (Å²) in [5.41, 5.74) is 11.7. The van der Waals surface area contributed by atoms with Crippen LogP contribution >= 0.6 is 11.3 Å². The number of fused-ring (bicyclic) bond motifs is 3. The van der Waals surface area contributed by atoms with Crippen molar-refractivity contribution in [3.05, 3.63) is 176 Å². The highest BCUT2D eigenvalue weighted by Crippen LogP contribution is 2.43. The van der Waals surface area contributed by atoms with E-state index in [0.717, 1.165) is 39.2 Å². The molecule has 0 bridgehead atoms. The predicted molar refractivity (Wildman–Crippen MR) is 205 cm³/mol. The molecular formula is C45H29N3S. The van der Waals surface area contributed by atoms with E-state index < -0.39 is 0 Å². The van der Waals surface area contributed by atoms with Crippen LogP contribution in [0.25, 0.3) is 87.5 Å². The number of thiophene rings is 1. The normalized spacial score (nSPS) is 11.3. The molecule has 3 aromatic heterocycles. The summed E-state index contributed by atoms with van der Waals surface area (Å²) in [5.74, 6) is 0.681. The maximum Gasteiger partial charge on any atom is 0.160 e. The first kappa shape index (κ1) is 29.0. The molecule has 49 heavy (non-hydrogen) atoms. The average Bonchev–Trinajstić information content (AvgIpc) is 3.58. The van der Waals surface area contributed by atoms with Gasteiger partial charge in [0, 0.05) is 49.3 Å². The summed E-state index contributed by atoms with van der Waals surface area (Å²) in [7, 11) is 0. The van der Waals surface area contributed by atoms with Gasteiger partial charge in [-0.05, 0) is 75.8 Å². The Morgan fingerprint density at radius 1 is 0.388 bits per heavy atom. The molecule has 9 rings (SSSR count). The Kier molecular flexibility index (Phi) is 7.34. The third-order valence-corrected chi connectivity index (χ3v) is 10.2. The molecule has 9 aromatic rings. The fraction of sp³-hybridized carbons (Fsp3) is 0. The third-order valence-electron chi connectivity index (χ3n) is 8.98. The summed E-state index contributed by atoms with van der Waals surface area (Å²) in [4.78, 5) is 14.6. The van der Waals surface area contributed by atoms with E-state index in [1.165, 1.54) is 42.4 Å². The maximum atomic E-state index is 5.22. The zero-order valence-electron chi connectivity index (χ0n) is 26.5. The van der Waals surface area contributed by atoms with Crippen LogP contribution in [0.15, 0.2) is 176 Å². The molecule has 0 atom stereocenters. The van der Waals surface area contributed by atoms with Gasteiger partial charge in [0.15, 0.2) is 5.82 Å². The van der Waals surface area contributed by atoms with Gasteiger partial charge in [0.1, 0.15) is 0 Å². The summed E-state index contributed by atoms with van der Waals surface area (Å²) < 4.78 is 2.58. The van der Waals surface area contributed by atoms with E-state index in [1.807, 2.05) is 47.9 Å². The highest BCUT2D eigenvalue weighted by Gasteiger charge is 2.17. The summed E-state index contributed by atoms with van der Waals surface area (Å²) in [6.07, 6.45) is 3.65. The second-order valence-corrected chi connectivity index (χ2v) is 13.1. The monoisotopic (exact) mass is 643 g/mol. The lowest BCUT2D eigenvalue weighted by atomic mass is 9.90. The lowest BCUT2D eigenvalue weighted by molar-refractivity contribution is 1.18. The molecule has 0 fully saturated rings. The van der Waals surface area contributed by atoms with Crippen molar-refractivity contribution in [2.24, 2.45) is 0 Å². The van der Waals surface area contributed by atoms with Crippen LogP contribution in [0.5, 0.6) is 0 Å². The first-order valence-electron chi connectivity index (χ1n) is 16.3. The minimum atomic E-state index is 0.681. The molecule has 6 aromatic carbocycles. The largest absolute Gasteiger partial charge is 0.264 e. The van der Waals surface area contributed by atoms with E-state index in [-0.39, 0.29) is 0 Å². The molecule has 0 unspecified atom stereocenters. The molecule has 230 valence electrons. The standard InChI is InChI=1S/C45H29N3S/c1-3-13-30(14-4-1)36-18-7-8-19-37(36)33-25-34(38-21-11-22-40-39-20-9-10-23-43(39)49-44(38)40)27-35(26-33)42-28-41(32-17-12-24-46-29-32)47-45(48-42)31-15-5-2-6-16-31/h1-29H. The van der Waals surface area contributed by atoms with Gasteiger partial charge in [0.25, 0.3) is 0 Å². The van der Waals surface area contributed by atoms with Crippen molar-refractivity contribution in [3.8, 4) is 67.3 Å². The first-order chi connectivity index (χ1) is 24.3. The molecule has 4 heteroatoms. The Hall–Kier alpha value is -6.23. The predicted octanol–water partition coefficient (Wildman–Crippen LogP) is 12.2. The van der Waals surface area contributed by atoms with Crippen LogP contribution in [0.3, 0.4) is 0 Å². The molecule has 0 spiro atoms. The Bertz CT molecular complexity index is 2540. The van der Waals surface area contributed by atoms with Crippen LogP contribution in [-0.2, 0) is 0 Å². The van der Waals surface area contributed by atoms with Crippen molar-refractivity contribution in [2.75, 3.05) is 0 Å². The van der Waals surface area contributed by atoms with Gasteiger partial charge in [-0.3, -0.25) is 4.98 Å². The first-order valence-corrected chi connectivity index (χ1v) is 17.2. The van der Waals surface area contributed by atoms with Crippen molar-refractivity contribution in [1.29, 1.82) is 0 Å². The van der Waals surface area contributed by atoms with Crippen LogP contribution in [0, 0.1) is 0 Å². The number of benzene rings is 6. The number of hydrogen-bond acceptors (Lipinski definition) is 4. The van der Waals surface area contributed by atoms with Crippen molar-refractivity contribution < 1.29 is 0 Å². The van der Waals surface area contributed by atoms with Crippen LogP contribution in [0.4, 0.5) is 0 Å². The maximum absolute atomic E-state index is 5.22. The molecule has 0 aliphatic carbocycles. The zero-order chi connectivity index (χ0) is 32.6. The Balaban J connectivity index is 1.32. The smallest absolute Gasteiger partial charge is 0.160 e. The highest BCUT2D eigenvalue weighted by atomic mass is 32.1. The van der Waals surface area contributed by atoms with E-state index in [1.54, 1.807) is 6.20 Å². The number of nitrogens with zero attached hydrogens (tertiary/aromatic N) is 3. The second-order valence-electron chi connectivity index (χ2n) is 12.1. The molecular weight excluding hydrogens is 615 g/mol. The summed E-state index contributed by atoms with van der Waals surface area (Å²) in [6.45, 7) is 0. The van der Waals surface area contributed by atoms with Crippen LogP contribution < -0.4 is 0 Å². The zero-order valence-corrected chi connectivity index (χ0v) is 27.3. The van der Waals surface area contributed by atoms with E-state index in [2.05, 4.69) is 138 Å². The summed E-state index contributed by atoms with van der Waals surface area (Å²) in [5, 5.41) is 2.57. The number of aromatic nitrogens is 3. The van der Waals surface area contributed by atoms with Gasteiger partial charge >= 0.3 is 0 Å². The van der Waals surface area contributed by atoms with Crippen molar-refractivity contribution in [2.45, 2.75) is 0 Å². The molecule has 0 N–H and O–H groups in total. The van der Waals surface area contributed by atoms with Crippen LogP contribution in [-0.4, -0.2) is 15.0 Å². The van der Waals surface area contributed by atoms with Crippen molar-refractivity contribution >= 4 is 31.5 Å². The second kappa shape index (κ2) is 12.4. The molecule has 0 aliphatic heterocycles. The number of pyridine rings is 1. The van der Waals surface area contributed by atoms with E-state index in [9.17, 15) is 0 Å². The average molecular weight is 644 g/mol. The highest BCUT2D eigenvalue weighted by molar-refractivity contribution is 7.26. The quantitative estimate of drug-likeness (QED) is 0.181. The Morgan fingerprint density at radius 2 is 0.959 bits per heavy atom. The Labute approximate surface area is 288 Å². The third kappa shape index (κ3) is 5.48. The van der Waals surface area contributed by atoms with Gasteiger partial charge in [0.2, 0.25) is 0 Å². The van der Waals surface area contributed by atoms with Gasteiger partial charge in [-0.25, -0.2) is 9.97 Å². The molecule has 0 saturated carbocycles. The molecule has 0 aliphatic rings. The Morgan fingerprint density at radius 3 is 1.71 bits per heavy atom. The van der Waals surface area contributed by atoms with Gasteiger partial charge in [-0.1, -0.05) is 121 Å². The molecule has 0 saturated heterocycles. The molecule has 0 amide bonds. The number of rotatable bonds is 6. The lowest BCUT2D eigenvalue weighted by Crippen LogP contribution is -1.97. The van der Waals surface area contributed by atoms with E-state index in [4.69, 9.17) is 9.97 Å². The van der Waals surface area contributed by atoms with Crippen LogP contribution in [0.1, 0.15) is 0 Å². The van der Waals surface area contributed by atoms with Gasteiger partial charge in [0.05, 0.1) is 11.4 Å². The fourth-order valence-corrected chi connectivity index (χ4v) is 7.88. The van der Waals surface area contributed by atoms with E-state index >= 15 is 0 Å². The van der Waals surface area contributed by atoms with Gasteiger partial charge < -0.3 is 0 Å². The van der Waals surface area contributed by atoms with Crippen LogP contribution in [0.2, 0.25) is 0 Å². The molecule has 3 nitrogen and oxygen atoms in total. The van der Waals surface area contributed by atoms with Crippen molar-refractivity contribution in [1.82, 2.24) is 15.0 Å². The minimum Gasteiger partial charge on any atom is -0.264 e. The topological polar surface area (TPSA) is 38.7 Å². The SMILES string of the molecule is c1ccc(-c2nc(-c3cccnc3)cc(-c3cc(-c4ccccc4-c4ccccc4)cc(-c4cccc5c4sc4ccccc45)c3)n2)cc1. The number of hydrogen-bond donors (Lipinski definition) is 0. The van der Waals surface area contributed by atoms with E-state index in [0.29, 0.717) is 5.82 Å². The minimum absolute atomic E-state index is 0.681. The van der Waals surface area contributed by atoms with Gasteiger partial charge in [-0.2, -0.15) is 0 Å². The molecule has 0 radical (unpaired) electrons. The van der Waals surface area contributed by atoms with Gasteiger partial charge in [-0.15, -0.1) is 11.3 Å².